The Morgan fingerprint density at radius 3 is 2.52 bits per heavy atom. The van der Waals surface area contributed by atoms with Gasteiger partial charge in [-0.05, 0) is 36.8 Å². The highest BCUT2D eigenvalue weighted by molar-refractivity contribution is 5.98. The fraction of sp³-hybridized carbons (Fsp3) is 0.333. The van der Waals surface area contributed by atoms with Crippen LogP contribution in [0.3, 0.4) is 0 Å². The third-order valence-corrected chi connectivity index (χ3v) is 4.35. The second-order valence-corrected chi connectivity index (χ2v) is 5.89. The van der Waals surface area contributed by atoms with Gasteiger partial charge in [0.15, 0.2) is 0 Å². The monoisotopic (exact) mass is 331 g/mol. The SMILES string of the molecule is Cl.Nc1ccncc1C(=O)N1CCC(Cc2ccccc2)CC1. The van der Waals surface area contributed by atoms with Crippen molar-refractivity contribution >= 4 is 24.0 Å². The standard InChI is InChI=1S/C18H21N3O.ClH/c19-17-6-9-20-13-16(17)18(22)21-10-7-15(8-11-21)12-14-4-2-1-3-5-14;/h1-6,9,13,15H,7-8,10-12H2,(H2,19,20);1H. The first-order chi connectivity index (χ1) is 10.7. The van der Waals surface area contributed by atoms with Crippen LogP contribution in [0, 0.1) is 5.92 Å². The van der Waals surface area contributed by atoms with Crippen LogP contribution in [0.5, 0.6) is 0 Å². The van der Waals surface area contributed by atoms with Gasteiger partial charge in [0.05, 0.1) is 5.56 Å². The molecule has 1 fully saturated rings. The van der Waals surface area contributed by atoms with Gasteiger partial charge in [0.25, 0.3) is 5.91 Å². The molecule has 4 nitrogen and oxygen atoms in total. The number of piperidine rings is 1. The predicted molar refractivity (Wildman–Crippen MR) is 94.7 cm³/mol. The van der Waals surface area contributed by atoms with Gasteiger partial charge in [0.2, 0.25) is 0 Å². The van der Waals surface area contributed by atoms with E-state index in [1.807, 2.05) is 11.0 Å². The van der Waals surface area contributed by atoms with Gasteiger partial charge in [-0.2, -0.15) is 0 Å². The van der Waals surface area contributed by atoms with Crippen LogP contribution in [0.4, 0.5) is 5.69 Å². The van der Waals surface area contributed by atoms with Gasteiger partial charge in [-0.3, -0.25) is 9.78 Å². The van der Waals surface area contributed by atoms with Gasteiger partial charge in [0.1, 0.15) is 0 Å². The van der Waals surface area contributed by atoms with Crippen molar-refractivity contribution in [2.24, 2.45) is 5.92 Å². The molecule has 1 aliphatic rings. The molecule has 23 heavy (non-hydrogen) atoms. The van der Waals surface area contributed by atoms with Crippen molar-refractivity contribution < 1.29 is 4.79 Å². The second kappa shape index (κ2) is 7.97. The van der Waals surface area contributed by atoms with E-state index in [1.54, 1.807) is 18.5 Å². The molecule has 0 bridgehead atoms. The van der Waals surface area contributed by atoms with Crippen molar-refractivity contribution in [2.45, 2.75) is 19.3 Å². The largest absolute Gasteiger partial charge is 0.398 e. The normalized spacial score (nSPS) is 15.0. The van der Waals surface area contributed by atoms with E-state index in [1.165, 1.54) is 5.56 Å². The molecule has 2 heterocycles. The molecule has 0 spiro atoms. The van der Waals surface area contributed by atoms with Crippen LogP contribution < -0.4 is 5.73 Å². The highest BCUT2D eigenvalue weighted by Gasteiger charge is 2.24. The van der Waals surface area contributed by atoms with E-state index >= 15 is 0 Å². The maximum Gasteiger partial charge on any atom is 0.257 e. The number of halogens is 1. The molecule has 1 aliphatic heterocycles. The molecule has 2 N–H and O–H groups in total. The minimum Gasteiger partial charge on any atom is -0.398 e. The average molecular weight is 332 g/mol. The number of aromatic nitrogens is 1. The summed E-state index contributed by atoms with van der Waals surface area (Å²) in [5.41, 5.74) is 8.27. The number of likely N-dealkylation sites (tertiary alicyclic amines) is 1. The number of benzene rings is 1. The number of carbonyl (C=O) groups excluding carboxylic acids is 1. The third kappa shape index (κ3) is 4.23. The van der Waals surface area contributed by atoms with Crippen LogP contribution in [0.1, 0.15) is 28.8 Å². The second-order valence-electron chi connectivity index (χ2n) is 5.89. The molecule has 1 saturated heterocycles. The summed E-state index contributed by atoms with van der Waals surface area (Å²) in [6.07, 6.45) is 6.35. The Balaban J connectivity index is 0.00000192. The number of rotatable bonds is 3. The lowest BCUT2D eigenvalue weighted by atomic mass is 9.90. The first kappa shape index (κ1) is 17.3. The van der Waals surface area contributed by atoms with Crippen molar-refractivity contribution in [2.75, 3.05) is 18.8 Å². The number of anilines is 1. The zero-order valence-electron chi connectivity index (χ0n) is 13.0. The van der Waals surface area contributed by atoms with E-state index in [2.05, 4.69) is 29.2 Å². The van der Waals surface area contributed by atoms with E-state index < -0.39 is 0 Å². The Labute approximate surface area is 143 Å². The molecule has 3 rings (SSSR count). The highest BCUT2D eigenvalue weighted by Crippen LogP contribution is 2.23. The van der Waals surface area contributed by atoms with Crippen LogP contribution in [0.15, 0.2) is 48.8 Å². The molecular formula is C18H22ClN3O. The number of amides is 1. The van der Waals surface area contributed by atoms with Gasteiger partial charge in [-0.25, -0.2) is 0 Å². The lowest BCUT2D eigenvalue weighted by Gasteiger charge is -2.32. The summed E-state index contributed by atoms with van der Waals surface area (Å²) in [5, 5.41) is 0. The zero-order chi connectivity index (χ0) is 15.4. The average Bonchev–Trinajstić information content (AvgIpc) is 2.56. The van der Waals surface area contributed by atoms with Gasteiger partial charge in [-0.1, -0.05) is 30.3 Å². The summed E-state index contributed by atoms with van der Waals surface area (Å²) in [6.45, 7) is 1.59. The fourth-order valence-corrected chi connectivity index (χ4v) is 3.04. The lowest BCUT2D eigenvalue weighted by Crippen LogP contribution is -2.39. The number of carbonyl (C=O) groups is 1. The first-order valence-corrected chi connectivity index (χ1v) is 7.76. The first-order valence-electron chi connectivity index (χ1n) is 7.76. The van der Waals surface area contributed by atoms with Crippen LogP contribution in [0.25, 0.3) is 0 Å². The number of pyridine rings is 1. The van der Waals surface area contributed by atoms with Gasteiger partial charge < -0.3 is 10.6 Å². The minimum absolute atomic E-state index is 0. The van der Waals surface area contributed by atoms with E-state index in [4.69, 9.17) is 5.73 Å². The van der Waals surface area contributed by atoms with E-state index in [9.17, 15) is 4.79 Å². The number of nitrogen functional groups attached to an aromatic ring is 1. The summed E-state index contributed by atoms with van der Waals surface area (Å²) in [7, 11) is 0. The van der Waals surface area contributed by atoms with Gasteiger partial charge in [-0.15, -0.1) is 12.4 Å². The maximum absolute atomic E-state index is 12.5. The van der Waals surface area contributed by atoms with E-state index in [-0.39, 0.29) is 18.3 Å². The van der Waals surface area contributed by atoms with Crippen LogP contribution in [-0.2, 0) is 6.42 Å². The summed E-state index contributed by atoms with van der Waals surface area (Å²) >= 11 is 0. The maximum atomic E-state index is 12.5. The highest BCUT2D eigenvalue weighted by atomic mass is 35.5. The summed E-state index contributed by atoms with van der Waals surface area (Å²) in [4.78, 5) is 18.4. The molecule has 0 atom stereocenters. The van der Waals surface area contributed by atoms with Gasteiger partial charge in [0, 0.05) is 31.2 Å². The Morgan fingerprint density at radius 2 is 1.87 bits per heavy atom. The molecule has 5 heteroatoms. The van der Waals surface area contributed by atoms with E-state index in [0.717, 1.165) is 32.4 Å². The molecule has 1 aromatic heterocycles. The Morgan fingerprint density at radius 1 is 1.17 bits per heavy atom. The minimum atomic E-state index is 0. The Hall–Kier alpha value is -2.07. The number of nitrogens with zero attached hydrogens (tertiary/aromatic N) is 2. The van der Waals surface area contributed by atoms with Crippen LogP contribution >= 0.6 is 12.4 Å². The molecular weight excluding hydrogens is 310 g/mol. The van der Waals surface area contributed by atoms with E-state index in [0.29, 0.717) is 17.2 Å². The predicted octanol–water partition coefficient (Wildman–Crippen LogP) is 3.18. The number of hydrogen-bond acceptors (Lipinski definition) is 3. The summed E-state index contributed by atoms with van der Waals surface area (Å²) in [5.74, 6) is 0.654. The number of hydrogen-bond donors (Lipinski definition) is 1. The molecule has 0 aliphatic carbocycles. The Bertz CT molecular complexity index is 640. The molecule has 1 amide bonds. The quantitative estimate of drug-likeness (QED) is 0.939. The molecule has 0 saturated carbocycles. The molecule has 1 aromatic carbocycles. The van der Waals surface area contributed by atoms with Crippen molar-refractivity contribution in [3.63, 3.8) is 0 Å². The summed E-state index contributed by atoms with van der Waals surface area (Å²) < 4.78 is 0. The van der Waals surface area contributed by atoms with Crippen molar-refractivity contribution in [1.82, 2.24) is 9.88 Å². The molecule has 2 aromatic rings. The Kier molecular flexibility index (Phi) is 5.99. The zero-order valence-corrected chi connectivity index (χ0v) is 13.8. The topological polar surface area (TPSA) is 59.2 Å². The third-order valence-electron chi connectivity index (χ3n) is 4.35. The van der Waals surface area contributed by atoms with Crippen LogP contribution in [0.2, 0.25) is 0 Å². The smallest absolute Gasteiger partial charge is 0.257 e. The van der Waals surface area contributed by atoms with Crippen molar-refractivity contribution in [3.8, 4) is 0 Å². The number of nitrogens with two attached hydrogens (primary N) is 1. The van der Waals surface area contributed by atoms with Crippen molar-refractivity contribution in [1.29, 1.82) is 0 Å². The summed E-state index contributed by atoms with van der Waals surface area (Å²) in [6, 6.07) is 12.2. The van der Waals surface area contributed by atoms with Crippen LogP contribution in [-0.4, -0.2) is 28.9 Å². The lowest BCUT2D eigenvalue weighted by molar-refractivity contribution is 0.0691. The molecule has 0 unspecified atom stereocenters. The molecule has 0 radical (unpaired) electrons. The van der Waals surface area contributed by atoms with Crippen molar-refractivity contribution in [3.05, 3.63) is 59.9 Å². The van der Waals surface area contributed by atoms with Gasteiger partial charge >= 0.3 is 0 Å². The molecule has 122 valence electrons. The fourth-order valence-electron chi connectivity index (χ4n) is 3.04.